The Morgan fingerprint density at radius 1 is 1.22 bits per heavy atom. The van der Waals surface area contributed by atoms with Gasteiger partial charge in [-0.2, -0.15) is 0 Å². The summed E-state index contributed by atoms with van der Waals surface area (Å²) in [5, 5.41) is 6.52. The van der Waals surface area contributed by atoms with Crippen molar-refractivity contribution in [2.24, 2.45) is 16.3 Å². The van der Waals surface area contributed by atoms with Gasteiger partial charge in [0.25, 0.3) is 0 Å². The predicted molar refractivity (Wildman–Crippen MR) is 109 cm³/mol. The Morgan fingerprint density at radius 3 is 2.30 bits per heavy atom. The molecule has 5 nitrogen and oxygen atoms in total. The minimum absolute atomic E-state index is 0. The second kappa shape index (κ2) is 10.7. The van der Waals surface area contributed by atoms with E-state index in [-0.39, 0.29) is 35.5 Å². The molecule has 0 heterocycles. The molecule has 1 aliphatic rings. The maximum absolute atomic E-state index is 11.5. The van der Waals surface area contributed by atoms with Gasteiger partial charge in [-0.15, -0.1) is 24.0 Å². The molecule has 0 spiro atoms. The van der Waals surface area contributed by atoms with E-state index >= 15 is 0 Å². The van der Waals surface area contributed by atoms with Gasteiger partial charge in [0.1, 0.15) is 0 Å². The molecule has 138 valence electrons. The highest BCUT2D eigenvalue weighted by atomic mass is 127. The molecule has 0 atom stereocenters. The average Bonchev–Trinajstić information content (AvgIpc) is 2.90. The van der Waals surface area contributed by atoms with Crippen LogP contribution in [-0.4, -0.2) is 46.0 Å². The Labute approximate surface area is 159 Å². The molecule has 0 saturated heterocycles. The van der Waals surface area contributed by atoms with E-state index in [4.69, 9.17) is 0 Å². The fraction of sp³-hybridized carbons (Fsp3) is 0.938. The molecule has 0 radical (unpaired) electrons. The summed E-state index contributed by atoms with van der Waals surface area (Å²) in [5.41, 5.74) is 0.376. The molecule has 0 aromatic heterocycles. The molecule has 0 aliphatic heterocycles. The molecule has 0 unspecified atom stereocenters. The number of nitrogens with one attached hydrogen (secondary N) is 2. The van der Waals surface area contributed by atoms with E-state index in [1.165, 1.54) is 32.1 Å². The van der Waals surface area contributed by atoms with E-state index in [1.807, 2.05) is 0 Å². The molecule has 1 aliphatic carbocycles. The van der Waals surface area contributed by atoms with Crippen molar-refractivity contribution >= 4 is 39.8 Å². The molecule has 1 saturated carbocycles. The second-order valence-corrected chi connectivity index (χ2v) is 9.37. The van der Waals surface area contributed by atoms with Gasteiger partial charge in [0, 0.05) is 25.9 Å². The summed E-state index contributed by atoms with van der Waals surface area (Å²) < 4.78 is 23.0. The van der Waals surface area contributed by atoms with Crippen LogP contribution in [0.15, 0.2) is 4.99 Å². The zero-order valence-electron chi connectivity index (χ0n) is 15.0. The Kier molecular flexibility index (Phi) is 10.7. The van der Waals surface area contributed by atoms with Crippen molar-refractivity contribution in [3.8, 4) is 0 Å². The second-order valence-electron chi connectivity index (χ2n) is 6.89. The monoisotopic (exact) mass is 459 g/mol. The van der Waals surface area contributed by atoms with Crippen molar-refractivity contribution in [3.63, 3.8) is 0 Å². The normalized spacial score (nSPS) is 17.9. The number of halogens is 1. The maximum atomic E-state index is 11.5. The molecule has 0 aromatic rings. The number of guanidine groups is 1. The third-order valence-electron chi connectivity index (χ3n) is 4.51. The van der Waals surface area contributed by atoms with Gasteiger partial charge in [-0.25, -0.2) is 8.42 Å². The van der Waals surface area contributed by atoms with Crippen LogP contribution in [0.5, 0.6) is 0 Å². The third kappa shape index (κ3) is 8.56. The molecule has 0 amide bonds. The molecule has 0 aromatic carbocycles. The van der Waals surface area contributed by atoms with Crippen LogP contribution in [0.2, 0.25) is 0 Å². The first-order chi connectivity index (χ1) is 10.3. The van der Waals surface area contributed by atoms with Crippen molar-refractivity contribution < 1.29 is 8.42 Å². The molecular weight excluding hydrogens is 425 g/mol. The summed E-state index contributed by atoms with van der Waals surface area (Å²) in [7, 11) is -1.20. The van der Waals surface area contributed by atoms with Crippen LogP contribution in [-0.2, 0) is 9.84 Å². The Bertz CT molecular complexity index is 458. The van der Waals surface area contributed by atoms with E-state index in [0.29, 0.717) is 23.8 Å². The lowest BCUT2D eigenvalue weighted by atomic mass is 9.78. The molecule has 7 heteroatoms. The van der Waals surface area contributed by atoms with Crippen molar-refractivity contribution in [2.75, 3.05) is 31.6 Å². The molecule has 0 bridgehead atoms. The maximum Gasteiger partial charge on any atom is 0.191 e. The van der Waals surface area contributed by atoms with Crippen LogP contribution in [0.25, 0.3) is 0 Å². The fourth-order valence-electron chi connectivity index (χ4n) is 3.41. The first kappa shape index (κ1) is 22.9. The van der Waals surface area contributed by atoms with E-state index in [1.54, 1.807) is 14.0 Å². The Balaban J connectivity index is 0.00000484. The quantitative estimate of drug-likeness (QED) is 0.333. The third-order valence-corrected chi connectivity index (χ3v) is 6.21. The van der Waals surface area contributed by atoms with Crippen LogP contribution in [0, 0.1) is 11.3 Å². The number of nitrogens with zero attached hydrogens (tertiary/aromatic N) is 1. The van der Waals surface area contributed by atoms with Crippen LogP contribution in [0.1, 0.15) is 52.9 Å². The summed E-state index contributed by atoms with van der Waals surface area (Å²) in [5.74, 6) is 1.76. The van der Waals surface area contributed by atoms with Crippen molar-refractivity contribution in [1.82, 2.24) is 10.6 Å². The highest BCUT2D eigenvalue weighted by Gasteiger charge is 2.34. The number of rotatable bonds is 8. The summed E-state index contributed by atoms with van der Waals surface area (Å²) in [6.07, 6.45) is 6.42. The highest BCUT2D eigenvalue weighted by molar-refractivity contribution is 14.0. The largest absolute Gasteiger partial charge is 0.356 e. The van der Waals surface area contributed by atoms with Crippen molar-refractivity contribution in [3.05, 3.63) is 0 Å². The van der Waals surface area contributed by atoms with Crippen molar-refractivity contribution in [2.45, 2.75) is 52.9 Å². The van der Waals surface area contributed by atoms with Gasteiger partial charge in [0.15, 0.2) is 15.8 Å². The predicted octanol–water partition coefficient (Wildman–Crippen LogP) is 2.81. The highest BCUT2D eigenvalue weighted by Crippen LogP contribution is 2.42. The summed E-state index contributed by atoms with van der Waals surface area (Å²) >= 11 is 0. The topological polar surface area (TPSA) is 70.6 Å². The van der Waals surface area contributed by atoms with Gasteiger partial charge in [0.05, 0.1) is 5.75 Å². The molecular formula is C16H34IN3O2S. The number of sulfone groups is 1. The number of hydrogen-bond donors (Lipinski definition) is 2. The SMILES string of the molecule is CCS(=O)(=O)CCNC(=NC)NCC1(CC(C)C)CCCC1.I. The molecule has 2 N–H and O–H groups in total. The van der Waals surface area contributed by atoms with Crippen LogP contribution in [0.4, 0.5) is 0 Å². The lowest BCUT2D eigenvalue weighted by Crippen LogP contribution is -2.44. The molecule has 23 heavy (non-hydrogen) atoms. The van der Waals surface area contributed by atoms with Gasteiger partial charge in [-0.1, -0.05) is 33.6 Å². The van der Waals surface area contributed by atoms with Gasteiger partial charge >= 0.3 is 0 Å². The summed E-state index contributed by atoms with van der Waals surface area (Å²) in [6.45, 7) is 7.57. The zero-order chi connectivity index (χ0) is 16.6. The minimum atomic E-state index is -2.93. The first-order valence-corrected chi connectivity index (χ1v) is 10.3. The van der Waals surface area contributed by atoms with Crippen LogP contribution in [0.3, 0.4) is 0 Å². The van der Waals surface area contributed by atoms with Gasteiger partial charge in [0.2, 0.25) is 0 Å². The Morgan fingerprint density at radius 2 is 1.83 bits per heavy atom. The fourth-order valence-corrected chi connectivity index (χ4v) is 4.11. The van der Waals surface area contributed by atoms with E-state index in [0.717, 1.165) is 6.54 Å². The molecule has 1 fully saturated rings. The van der Waals surface area contributed by atoms with E-state index in [2.05, 4.69) is 29.5 Å². The van der Waals surface area contributed by atoms with E-state index < -0.39 is 9.84 Å². The summed E-state index contributed by atoms with van der Waals surface area (Å²) in [4.78, 5) is 4.20. The van der Waals surface area contributed by atoms with Gasteiger partial charge < -0.3 is 10.6 Å². The van der Waals surface area contributed by atoms with Crippen molar-refractivity contribution in [1.29, 1.82) is 0 Å². The number of aliphatic imine (C=N–C) groups is 1. The van der Waals surface area contributed by atoms with Crippen LogP contribution >= 0.6 is 24.0 Å². The molecule has 1 rings (SSSR count). The lowest BCUT2D eigenvalue weighted by molar-refractivity contribution is 0.235. The van der Waals surface area contributed by atoms with Crippen LogP contribution < -0.4 is 10.6 Å². The van der Waals surface area contributed by atoms with E-state index in [9.17, 15) is 8.42 Å². The first-order valence-electron chi connectivity index (χ1n) is 8.47. The minimum Gasteiger partial charge on any atom is -0.356 e. The lowest BCUT2D eigenvalue weighted by Gasteiger charge is -2.31. The number of hydrogen-bond acceptors (Lipinski definition) is 3. The summed E-state index contributed by atoms with van der Waals surface area (Å²) in [6, 6.07) is 0. The average molecular weight is 459 g/mol. The smallest absolute Gasteiger partial charge is 0.191 e. The van der Waals surface area contributed by atoms with Gasteiger partial charge in [-0.05, 0) is 30.6 Å². The Hall–Kier alpha value is -0.0500. The van der Waals surface area contributed by atoms with Gasteiger partial charge in [-0.3, -0.25) is 4.99 Å². The zero-order valence-corrected chi connectivity index (χ0v) is 18.2. The standard InChI is InChI=1S/C16H33N3O2S.HI/c1-5-22(20,21)11-10-18-15(17-4)19-13-16(12-14(2)3)8-6-7-9-16;/h14H,5-13H2,1-4H3,(H2,17,18,19);1H.